The molecular weight excluding hydrogens is 549 g/mol. The first kappa shape index (κ1) is 14.5. The normalized spacial score (nSPS) is 9.94. The number of rotatable bonds is 4. The van der Waals surface area contributed by atoms with Gasteiger partial charge in [-0.15, -0.1) is 0 Å². The number of carboxylic acid groups (broad SMARTS) is 1. The molecule has 0 saturated carbocycles. The fraction of sp³-hybridized carbons (Fsp3) is 0.100. The van der Waals surface area contributed by atoms with Crippen LogP contribution in [0.15, 0.2) is 24.3 Å². The molecule has 0 radical (unpaired) electrons. The van der Waals surface area contributed by atoms with Gasteiger partial charge in [0.2, 0.25) is 0 Å². The van der Waals surface area contributed by atoms with E-state index in [1.807, 2.05) is 12.1 Å². The Balaban J connectivity index is 2.82. The Labute approximate surface area is 134 Å². The van der Waals surface area contributed by atoms with Gasteiger partial charge in [0.25, 0.3) is 0 Å². The molecule has 0 aliphatic heterocycles. The van der Waals surface area contributed by atoms with Crippen molar-refractivity contribution in [1.82, 2.24) is 0 Å². The third kappa shape index (κ3) is 4.02. The first-order chi connectivity index (χ1) is 7.41. The van der Waals surface area contributed by atoms with Crippen LogP contribution in [0.5, 0.6) is 5.75 Å². The van der Waals surface area contributed by atoms with E-state index in [0.29, 0.717) is 5.75 Å². The van der Waals surface area contributed by atoms with Gasteiger partial charge >= 0.3 is 5.97 Å². The SMILES string of the molecule is C=C(COc1c(I)cc(I)cc1I)C(=O)O. The number of hydrogen-bond donors (Lipinski definition) is 1. The van der Waals surface area contributed by atoms with Crippen LogP contribution >= 0.6 is 67.8 Å². The quantitative estimate of drug-likeness (QED) is 0.457. The van der Waals surface area contributed by atoms with Gasteiger partial charge in [-0.05, 0) is 79.9 Å². The molecule has 1 aromatic rings. The number of hydrogen-bond acceptors (Lipinski definition) is 2. The summed E-state index contributed by atoms with van der Waals surface area (Å²) >= 11 is 6.55. The maximum absolute atomic E-state index is 10.6. The van der Waals surface area contributed by atoms with E-state index in [9.17, 15) is 4.79 Å². The highest BCUT2D eigenvalue weighted by Crippen LogP contribution is 2.29. The fourth-order valence-corrected chi connectivity index (χ4v) is 4.78. The molecule has 0 spiro atoms. The summed E-state index contributed by atoms with van der Waals surface area (Å²) in [7, 11) is 0. The van der Waals surface area contributed by atoms with Crippen molar-refractivity contribution in [2.24, 2.45) is 0 Å². The number of aliphatic carboxylic acids is 1. The van der Waals surface area contributed by atoms with Crippen LogP contribution in [0.2, 0.25) is 0 Å². The Morgan fingerprint density at radius 3 is 2.25 bits per heavy atom. The second-order valence-electron chi connectivity index (χ2n) is 2.90. The van der Waals surface area contributed by atoms with E-state index in [-0.39, 0.29) is 12.2 Å². The van der Waals surface area contributed by atoms with Crippen LogP contribution in [0, 0.1) is 10.7 Å². The lowest BCUT2D eigenvalue weighted by molar-refractivity contribution is -0.133. The van der Waals surface area contributed by atoms with Crippen LogP contribution in [-0.2, 0) is 4.79 Å². The first-order valence-electron chi connectivity index (χ1n) is 4.10. The van der Waals surface area contributed by atoms with Crippen molar-refractivity contribution < 1.29 is 14.6 Å². The molecule has 0 aromatic heterocycles. The predicted octanol–water partition coefficient (Wildman–Crippen LogP) is 3.52. The molecule has 0 heterocycles. The van der Waals surface area contributed by atoms with Crippen LogP contribution in [0.3, 0.4) is 0 Å². The summed E-state index contributed by atoms with van der Waals surface area (Å²) in [6.07, 6.45) is 0. The molecule has 1 N–H and O–H groups in total. The third-order valence-corrected chi connectivity index (χ3v) is 3.88. The van der Waals surface area contributed by atoms with Crippen molar-refractivity contribution in [3.8, 4) is 5.75 Å². The summed E-state index contributed by atoms with van der Waals surface area (Å²) in [6, 6.07) is 3.95. The second kappa shape index (κ2) is 6.38. The summed E-state index contributed by atoms with van der Waals surface area (Å²) in [5, 5.41) is 8.66. The standard InChI is InChI=1S/C10H7I3O3/c1-5(10(14)15)4-16-9-7(12)2-6(11)3-8(9)13/h2-3H,1,4H2,(H,14,15). The maximum Gasteiger partial charge on any atom is 0.334 e. The molecule has 1 aromatic carbocycles. The molecule has 0 unspecified atom stereocenters. The molecule has 0 saturated heterocycles. The van der Waals surface area contributed by atoms with E-state index in [0.717, 1.165) is 10.7 Å². The lowest BCUT2D eigenvalue weighted by Gasteiger charge is -2.10. The fourth-order valence-electron chi connectivity index (χ4n) is 0.888. The smallest absolute Gasteiger partial charge is 0.334 e. The zero-order valence-corrected chi connectivity index (χ0v) is 14.4. The summed E-state index contributed by atoms with van der Waals surface area (Å²) < 4.78 is 8.50. The average molecular weight is 556 g/mol. The molecule has 16 heavy (non-hydrogen) atoms. The molecule has 3 nitrogen and oxygen atoms in total. The third-order valence-electron chi connectivity index (χ3n) is 1.66. The highest BCUT2D eigenvalue weighted by atomic mass is 127. The lowest BCUT2D eigenvalue weighted by atomic mass is 10.3. The van der Waals surface area contributed by atoms with Crippen LogP contribution in [0.4, 0.5) is 0 Å². The van der Waals surface area contributed by atoms with Gasteiger partial charge in [0.15, 0.2) is 0 Å². The molecular formula is C10H7I3O3. The summed E-state index contributed by atoms with van der Waals surface area (Å²) in [5.41, 5.74) is 0.0464. The van der Waals surface area contributed by atoms with E-state index in [4.69, 9.17) is 9.84 Å². The first-order valence-corrected chi connectivity index (χ1v) is 7.34. The minimum absolute atomic E-state index is 0.00191. The molecule has 1 rings (SSSR count). The van der Waals surface area contributed by atoms with Gasteiger partial charge in [0, 0.05) is 3.57 Å². The monoisotopic (exact) mass is 556 g/mol. The number of halogens is 3. The van der Waals surface area contributed by atoms with Crippen LogP contribution < -0.4 is 4.74 Å². The van der Waals surface area contributed by atoms with Crippen molar-refractivity contribution in [2.45, 2.75) is 0 Å². The summed E-state index contributed by atoms with van der Waals surface area (Å²) in [5.74, 6) is -0.320. The van der Waals surface area contributed by atoms with Crippen LogP contribution in [0.25, 0.3) is 0 Å². The van der Waals surface area contributed by atoms with Crippen molar-refractivity contribution in [2.75, 3.05) is 6.61 Å². The Hall–Kier alpha value is 0.420. The molecule has 0 aliphatic carbocycles. The van der Waals surface area contributed by atoms with E-state index in [1.54, 1.807) is 0 Å². The minimum Gasteiger partial charge on any atom is -0.486 e. The van der Waals surface area contributed by atoms with Crippen molar-refractivity contribution in [3.63, 3.8) is 0 Å². The largest absolute Gasteiger partial charge is 0.486 e. The zero-order valence-electron chi connectivity index (χ0n) is 7.97. The predicted molar refractivity (Wildman–Crippen MR) is 86.9 cm³/mol. The van der Waals surface area contributed by atoms with E-state index in [2.05, 4.69) is 74.4 Å². The topological polar surface area (TPSA) is 46.5 Å². The van der Waals surface area contributed by atoms with Crippen molar-refractivity contribution in [1.29, 1.82) is 0 Å². The minimum atomic E-state index is -1.03. The Bertz CT molecular complexity index is 420. The average Bonchev–Trinajstić information content (AvgIpc) is 2.15. The van der Waals surface area contributed by atoms with E-state index in [1.165, 1.54) is 0 Å². The van der Waals surface area contributed by atoms with Crippen LogP contribution in [0.1, 0.15) is 0 Å². The van der Waals surface area contributed by atoms with Gasteiger partial charge in [0.05, 0.1) is 12.7 Å². The number of carboxylic acids is 1. The highest BCUT2D eigenvalue weighted by Gasteiger charge is 2.10. The summed E-state index contributed by atoms with van der Waals surface area (Å²) in [6.45, 7) is 3.42. The van der Waals surface area contributed by atoms with Crippen molar-refractivity contribution >= 4 is 73.7 Å². The van der Waals surface area contributed by atoms with Crippen molar-refractivity contribution in [3.05, 3.63) is 35.0 Å². The molecule has 6 heteroatoms. The molecule has 0 amide bonds. The van der Waals surface area contributed by atoms with E-state index >= 15 is 0 Å². The second-order valence-corrected chi connectivity index (χ2v) is 6.47. The van der Waals surface area contributed by atoms with Gasteiger partial charge in [-0.2, -0.15) is 0 Å². The number of benzene rings is 1. The Morgan fingerprint density at radius 1 is 1.31 bits per heavy atom. The lowest BCUT2D eigenvalue weighted by Crippen LogP contribution is -2.10. The molecule has 86 valence electrons. The van der Waals surface area contributed by atoms with Gasteiger partial charge in [0.1, 0.15) is 12.4 Å². The Kier molecular flexibility index (Phi) is 5.77. The molecule has 0 atom stereocenters. The number of ether oxygens (including phenoxy) is 1. The zero-order chi connectivity index (χ0) is 12.3. The highest BCUT2D eigenvalue weighted by molar-refractivity contribution is 14.1. The van der Waals surface area contributed by atoms with Gasteiger partial charge in [-0.25, -0.2) is 4.79 Å². The van der Waals surface area contributed by atoms with Crippen LogP contribution in [-0.4, -0.2) is 17.7 Å². The molecule has 0 fully saturated rings. The molecule has 0 bridgehead atoms. The van der Waals surface area contributed by atoms with E-state index < -0.39 is 5.97 Å². The van der Waals surface area contributed by atoms with Gasteiger partial charge in [-0.3, -0.25) is 0 Å². The summed E-state index contributed by atoms with van der Waals surface area (Å²) in [4.78, 5) is 10.6. The Morgan fingerprint density at radius 2 is 1.81 bits per heavy atom. The number of carbonyl (C=O) groups is 1. The van der Waals surface area contributed by atoms with Gasteiger partial charge < -0.3 is 9.84 Å². The molecule has 0 aliphatic rings. The van der Waals surface area contributed by atoms with Gasteiger partial charge in [-0.1, -0.05) is 6.58 Å². The maximum atomic E-state index is 10.6.